The molecule has 0 spiro atoms. The number of hydrogen-bond acceptors (Lipinski definition) is 6. The van der Waals surface area contributed by atoms with Crippen LogP contribution in [0.3, 0.4) is 0 Å². The standard InChI is InChI=1S/C24H24N4O4/c1-4-28-22(30)18-7-5-6-8-19(18)25-24(28)27-26-21(29)12-11-17-15(3)16-10-9-14(2)13-20(16)32-23(17)31/h5-10,13H,4,11-12H2,1-3H3,(H,25,27)(H,26,29). The second-order valence-electron chi connectivity index (χ2n) is 7.67. The number of anilines is 1. The fourth-order valence-corrected chi connectivity index (χ4v) is 3.77. The first-order valence-corrected chi connectivity index (χ1v) is 10.5. The molecular weight excluding hydrogens is 408 g/mol. The van der Waals surface area contributed by atoms with Crippen LogP contribution >= 0.6 is 0 Å². The Balaban J connectivity index is 1.49. The van der Waals surface area contributed by atoms with E-state index in [2.05, 4.69) is 15.8 Å². The van der Waals surface area contributed by atoms with Gasteiger partial charge in [-0.1, -0.05) is 24.3 Å². The van der Waals surface area contributed by atoms with Gasteiger partial charge >= 0.3 is 5.63 Å². The molecule has 0 aliphatic heterocycles. The number of nitrogens with one attached hydrogen (secondary N) is 2. The molecule has 164 valence electrons. The number of aromatic nitrogens is 2. The molecule has 0 saturated carbocycles. The highest BCUT2D eigenvalue weighted by Crippen LogP contribution is 2.21. The Kier molecular flexibility index (Phi) is 5.77. The van der Waals surface area contributed by atoms with Gasteiger partial charge in [-0.3, -0.25) is 25.0 Å². The molecule has 0 atom stereocenters. The molecule has 2 aromatic heterocycles. The third-order valence-electron chi connectivity index (χ3n) is 5.54. The number of fused-ring (bicyclic) bond motifs is 2. The summed E-state index contributed by atoms with van der Waals surface area (Å²) in [4.78, 5) is 42.0. The van der Waals surface area contributed by atoms with Crippen molar-refractivity contribution >= 4 is 33.7 Å². The fourth-order valence-electron chi connectivity index (χ4n) is 3.77. The number of carbonyl (C=O) groups excluding carboxylic acids is 1. The molecule has 32 heavy (non-hydrogen) atoms. The zero-order chi connectivity index (χ0) is 22.8. The molecule has 1 amide bonds. The molecule has 2 N–H and O–H groups in total. The van der Waals surface area contributed by atoms with E-state index < -0.39 is 5.63 Å². The summed E-state index contributed by atoms with van der Waals surface area (Å²) in [5, 5.41) is 1.37. The first-order valence-electron chi connectivity index (χ1n) is 10.5. The molecule has 4 rings (SSSR count). The molecule has 4 aromatic rings. The molecule has 0 saturated heterocycles. The zero-order valence-electron chi connectivity index (χ0n) is 18.2. The predicted octanol–water partition coefficient (Wildman–Crippen LogP) is 3.22. The van der Waals surface area contributed by atoms with Gasteiger partial charge < -0.3 is 4.42 Å². The number of nitrogens with zero attached hydrogens (tertiary/aromatic N) is 2. The summed E-state index contributed by atoms with van der Waals surface area (Å²) in [5.74, 6) is -0.0841. The number of hydrazine groups is 1. The van der Waals surface area contributed by atoms with Crippen molar-refractivity contribution in [2.75, 3.05) is 5.43 Å². The number of aryl methyl sites for hydroxylation is 2. The van der Waals surface area contributed by atoms with Gasteiger partial charge in [0.1, 0.15) is 5.58 Å². The van der Waals surface area contributed by atoms with E-state index in [-0.39, 0.29) is 30.3 Å². The summed E-state index contributed by atoms with van der Waals surface area (Å²) >= 11 is 0. The van der Waals surface area contributed by atoms with Gasteiger partial charge in [-0.2, -0.15) is 0 Å². The van der Waals surface area contributed by atoms with Crippen molar-refractivity contribution < 1.29 is 9.21 Å². The first kappa shape index (κ1) is 21.3. The fraction of sp³-hybridized carbons (Fsp3) is 0.250. The van der Waals surface area contributed by atoms with Gasteiger partial charge in [0.05, 0.1) is 10.9 Å². The summed E-state index contributed by atoms with van der Waals surface area (Å²) in [5.41, 5.74) is 8.09. The number of carbonyl (C=O) groups is 1. The highest BCUT2D eigenvalue weighted by atomic mass is 16.4. The van der Waals surface area contributed by atoms with Gasteiger partial charge in [-0.15, -0.1) is 0 Å². The molecular formula is C24H24N4O4. The number of hydrogen-bond donors (Lipinski definition) is 2. The van der Waals surface area contributed by atoms with Crippen LogP contribution < -0.4 is 22.0 Å². The Labute approximate surface area is 183 Å². The minimum Gasteiger partial charge on any atom is -0.423 e. The second kappa shape index (κ2) is 8.66. The molecule has 0 unspecified atom stereocenters. The maximum Gasteiger partial charge on any atom is 0.339 e. The second-order valence-corrected chi connectivity index (χ2v) is 7.67. The quantitative estimate of drug-likeness (QED) is 0.358. The number of benzene rings is 2. The zero-order valence-corrected chi connectivity index (χ0v) is 18.2. The normalized spacial score (nSPS) is 11.1. The van der Waals surface area contributed by atoms with E-state index in [9.17, 15) is 14.4 Å². The summed E-state index contributed by atoms with van der Waals surface area (Å²) in [6, 6.07) is 12.8. The summed E-state index contributed by atoms with van der Waals surface area (Å²) in [7, 11) is 0. The Bertz CT molecular complexity index is 1450. The van der Waals surface area contributed by atoms with Crippen molar-refractivity contribution in [1.29, 1.82) is 0 Å². The molecule has 8 nitrogen and oxygen atoms in total. The molecule has 0 aliphatic rings. The van der Waals surface area contributed by atoms with Gasteiger partial charge in [-0.05, 0) is 56.5 Å². The van der Waals surface area contributed by atoms with Crippen molar-refractivity contribution in [1.82, 2.24) is 15.0 Å². The lowest BCUT2D eigenvalue weighted by Crippen LogP contribution is -2.34. The Morgan fingerprint density at radius 1 is 1.09 bits per heavy atom. The molecule has 2 aromatic carbocycles. The Morgan fingerprint density at radius 2 is 1.88 bits per heavy atom. The van der Waals surface area contributed by atoms with Crippen molar-refractivity contribution in [3.8, 4) is 0 Å². The van der Waals surface area contributed by atoms with E-state index in [4.69, 9.17) is 4.42 Å². The SMILES string of the molecule is CCn1c(NNC(=O)CCc2c(C)c3ccc(C)cc3oc2=O)nc2ccccc2c1=O. The lowest BCUT2D eigenvalue weighted by Gasteiger charge is -2.14. The lowest BCUT2D eigenvalue weighted by molar-refractivity contribution is -0.120. The lowest BCUT2D eigenvalue weighted by atomic mass is 10.0. The highest BCUT2D eigenvalue weighted by molar-refractivity contribution is 5.82. The van der Waals surface area contributed by atoms with Crippen LogP contribution in [-0.2, 0) is 17.8 Å². The number of amides is 1. The van der Waals surface area contributed by atoms with Crippen LogP contribution in [0.15, 0.2) is 56.5 Å². The molecule has 0 radical (unpaired) electrons. The molecule has 0 bridgehead atoms. The Hall–Kier alpha value is -3.94. The minimum atomic E-state index is -0.433. The number of rotatable bonds is 6. The molecule has 0 fully saturated rings. The minimum absolute atomic E-state index is 0.0694. The van der Waals surface area contributed by atoms with E-state index in [0.29, 0.717) is 28.6 Å². The molecule has 2 heterocycles. The summed E-state index contributed by atoms with van der Waals surface area (Å²) in [6.07, 6.45) is 0.303. The van der Waals surface area contributed by atoms with Gasteiger partial charge in [0.15, 0.2) is 0 Å². The molecule has 8 heteroatoms. The predicted molar refractivity (Wildman–Crippen MR) is 124 cm³/mol. The Morgan fingerprint density at radius 3 is 2.66 bits per heavy atom. The number of para-hydroxylation sites is 1. The maximum atomic E-state index is 12.7. The smallest absolute Gasteiger partial charge is 0.339 e. The van der Waals surface area contributed by atoms with Gasteiger partial charge in [0.2, 0.25) is 11.9 Å². The van der Waals surface area contributed by atoms with Crippen LogP contribution in [-0.4, -0.2) is 15.5 Å². The largest absolute Gasteiger partial charge is 0.423 e. The average molecular weight is 432 g/mol. The van der Waals surface area contributed by atoms with E-state index in [1.54, 1.807) is 24.3 Å². The van der Waals surface area contributed by atoms with Gasteiger partial charge in [-0.25, -0.2) is 9.78 Å². The highest BCUT2D eigenvalue weighted by Gasteiger charge is 2.14. The van der Waals surface area contributed by atoms with Crippen molar-refractivity contribution in [3.63, 3.8) is 0 Å². The van der Waals surface area contributed by atoms with Crippen LogP contribution in [0.2, 0.25) is 0 Å². The van der Waals surface area contributed by atoms with Crippen molar-refractivity contribution in [2.24, 2.45) is 0 Å². The topological polar surface area (TPSA) is 106 Å². The summed E-state index contributed by atoms with van der Waals surface area (Å²) < 4.78 is 6.90. The van der Waals surface area contributed by atoms with Crippen LogP contribution in [0, 0.1) is 13.8 Å². The monoisotopic (exact) mass is 432 g/mol. The van der Waals surface area contributed by atoms with Crippen LogP contribution in [0.1, 0.15) is 30.0 Å². The van der Waals surface area contributed by atoms with Crippen molar-refractivity contribution in [2.45, 2.75) is 40.2 Å². The first-order chi connectivity index (χ1) is 15.4. The van der Waals surface area contributed by atoms with E-state index in [0.717, 1.165) is 16.5 Å². The maximum absolute atomic E-state index is 12.7. The van der Waals surface area contributed by atoms with Crippen LogP contribution in [0.25, 0.3) is 21.9 Å². The third-order valence-corrected chi connectivity index (χ3v) is 5.54. The van der Waals surface area contributed by atoms with Gasteiger partial charge in [0, 0.05) is 23.9 Å². The van der Waals surface area contributed by atoms with E-state index >= 15 is 0 Å². The third kappa shape index (κ3) is 3.99. The van der Waals surface area contributed by atoms with E-state index in [1.165, 1.54) is 4.57 Å². The van der Waals surface area contributed by atoms with E-state index in [1.807, 2.05) is 39.0 Å². The summed E-state index contributed by atoms with van der Waals surface area (Å²) in [6.45, 7) is 6.02. The van der Waals surface area contributed by atoms with Gasteiger partial charge in [0.25, 0.3) is 5.56 Å². The molecule has 0 aliphatic carbocycles. The van der Waals surface area contributed by atoms with Crippen molar-refractivity contribution in [3.05, 3.63) is 79.9 Å². The van der Waals surface area contributed by atoms with Crippen LogP contribution in [0.4, 0.5) is 5.95 Å². The van der Waals surface area contributed by atoms with Crippen LogP contribution in [0.5, 0.6) is 0 Å². The average Bonchev–Trinajstić information content (AvgIpc) is 2.77.